The molecule has 0 bridgehead atoms. The Labute approximate surface area is 144 Å². The SMILES string of the molecule is Nc1ccc(Br)c(C(F)(F)F)c1F.Nc1cccc(C(F)(F)F)c1F. The standard InChI is InChI=1S/C7H4BrF4N.C7H5F4N/c8-3-1-2-4(13)6(9)5(3)7(10,11)12;8-6-4(7(9,10)11)2-1-3-5(6)12/h1-2H,13H2;1-3H,12H2. The number of nitrogens with two attached hydrogens (primary N) is 2. The number of hydrogen-bond acceptors (Lipinski definition) is 2. The smallest absolute Gasteiger partial charge is 0.396 e. The van der Waals surface area contributed by atoms with Crippen LogP contribution in [0.15, 0.2) is 34.8 Å². The van der Waals surface area contributed by atoms with Crippen LogP contribution in [0.3, 0.4) is 0 Å². The van der Waals surface area contributed by atoms with Gasteiger partial charge in [0.2, 0.25) is 0 Å². The van der Waals surface area contributed by atoms with Gasteiger partial charge in [-0.3, -0.25) is 0 Å². The number of alkyl halides is 6. The van der Waals surface area contributed by atoms with Crippen LogP contribution in [0.5, 0.6) is 0 Å². The molecule has 0 fully saturated rings. The first kappa shape index (κ1) is 21.0. The lowest BCUT2D eigenvalue weighted by Crippen LogP contribution is -2.10. The van der Waals surface area contributed by atoms with Gasteiger partial charge in [-0.25, -0.2) is 8.78 Å². The van der Waals surface area contributed by atoms with Crippen molar-refractivity contribution in [1.82, 2.24) is 0 Å². The molecule has 0 amide bonds. The van der Waals surface area contributed by atoms with Crippen LogP contribution < -0.4 is 11.5 Å². The normalized spacial score (nSPS) is 11.7. The molecule has 0 heterocycles. The third-order valence-electron chi connectivity index (χ3n) is 2.74. The zero-order chi connectivity index (χ0) is 19.6. The lowest BCUT2D eigenvalue weighted by Gasteiger charge is -2.10. The zero-order valence-corrected chi connectivity index (χ0v) is 13.5. The maximum atomic E-state index is 12.9. The van der Waals surface area contributed by atoms with Crippen LogP contribution in [-0.2, 0) is 12.4 Å². The average molecular weight is 437 g/mol. The lowest BCUT2D eigenvalue weighted by atomic mass is 10.2. The van der Waals surface area contributed by atoms with E-state index >= 15 is 0 Å². The largest absolute Gasteiger partial charge is 0.420 e. The van der Waals surface area contributed by atoms with E-state index in [2.05, 4.69) is 15.9 Å². The average Bonchev–Trinajstić information content (AvgIpc) is 2.44. The molecular formula is C14H9BrF8N2. The molecule has 0 spiro atoms. The Bertz CT molecular complexity index is 756. The molecule has 0 aliphatic heterocycles. The number of nitrogen functional groups attached to an aromatic ring is 2. The number of halogens is 9. The molecule has 11 heteroatoms. The van der Waals surface area contributed by atoms with Gasteiger partial charge in [0, 0.05) is 4.47 Å². The van der Waals surface area contributed by atoms with Gasteiger partial charge in [0.05, 0.1) is 16.9 Å². The molecule has 0 radical (unpaired) electrons. The maximum Gasteiger partial charge on any atom is 0.420 e. The summed E-state index contributed by atoms with van der Waals surface area (Å²) in [6.07, 6.45) is -9.42. The fourth-order valence-electron chi connectivity index (χ4n) is 1.60. The minimum Gasteiger partial charge on any atom is -0.396 e. The van der Waals surface area contributed by atoms with Crippen molar-refractivity contribution >= 4 is 27.3 Å². The first-order valence-corrected chi connectivity index (χ1v) is 6.98. The van der Waals surface area contributed by atoms with Crippen LogP contribution in [0.25, 0.3) is 0 Å². The molecule has 0 saturated heterocycles. The maximum absolute atomic E-state index is 12.9. The van der Waals surface area contributed by atoms with E-state index in [1.165, 1.54) is 0 Å². The Kier molecular flexibility index (Phi) is 6.27. The van der Waals surface area contributed by atoms with Gasteiger partial charge in [-0.2, -0.15) is 26.3 Å². The van der Waals surface area contributed by atoms with Crippen LogP contribution in [0.4, 0.5) is 46.5 Å². The molecular weight excluding hydrogens is 428 g/mol. The molecule has 2 rings (SSSR count). The Morgan fingerprint density at radius 2 is 1.24 bits per heavy atom. The first-order valence-electron chi connectivity index (χ1n) is 6.18. The van der Waals surface area contributed by atoms with Gasteiger partial charge in [0.15, 0.2) is 11.6 Å². The second kappa shape index (κ2) is 7.46. The summed E-state index contributed by atoms with van der Waals surface area (Å²) in [7, 11) is 0. The predicted octanol–water partition coefficient (Wildman–Crippen LogP) is 5.62. The highest BCUT2D eigenvalue weighted by Gasteiger charge is 2.37. The second-order valence-electron chi connectivity index (χ2n) is 4.53. The number of anilines is 2. The summed E-state index contributed by atoms with van der Waals surface area (Å²) < 4.78 is 97.5. The molecule has 2 nitrogen and oxygen atoms in total. The van der Waals surface area contributed by atoms with Crippen LogP contribution in [0.2, 0.25) is 0 Å². The molecule has 0 aromatic heterocycles. The van der Waals surface area contributed by atoms with Gasteiger partial charge in [-0.15, -0.1) is 0 Å². The van der Waals surface area contributed by atoms with Crippen molar-refractivity contribution in [2.75, 3.05) is 11.5 Å². The molecule has 4 N–H and O–H groups in total. The first-order chi connectivity index (χ1) is 11.3. The van der Waals surface area contributed by atoms with Crippen molar-refractivity contribution in [2.24, 2.45) is 0 Å². The van der Waals surface area contributed by atoms with Crippen molar-refractivity contribution in [1.29, 1.82) is 0 Å². The molecule has 0 aliphatic carbocycles. The van der Waals surface area contributed by atoms with E-state index in [0.29, 0.717) is 6.07 Å². The van der Waals surface area contributed by atoms with Crippen molar-refractivity contribution in [2.45, 2.75) is 12.4 Å². The Hall–Kier alpha value is -2.04. The molecule has 0 atom stereocenters. The summed E-state index contributed by atoms with van der Waals surface area (Å²) in [4.78, 5) is 0. The van der Waals surface area contributed by atoms with E-state index in [1.807, 2.05) is 0 Å². The van der Waals surface area contributed by atoms with E-state index in [1.54, 1.807) is 0 Å². The third-order valence-corrected chi connectivity index (χ3v) is 3.40. The van der Waals surface area contributed by atoms with Crippen molar-refractivity contribution in [3.05, 3.63) is 57.6 Å². The summed E-state index contributed by atoms with van der Waals surface area (Å²) in [6.45, 7) is 0. The van der Waals surface area contributed by atoms with E-state index in [4.69, 9.17) is 11.5 Å². The van der Waals surface area contributed by atoms with Crippen molar-refractivity contribution < 1.29 is 35.1 Å². The predicted molar refractivity (Wildman–Crippen MR) is 79.3 cm³/mol. The third kappa shape index (κ3) is 5.21. The van der Waals surface area contributed by atoms with E-state index in [-0.39, 0.29) is 4.47 Å². The zero-order valence-electron chi connectivity index (χ0n) is 11.9. The van der Waals surface area contributed by atoms with Crippen LogP contribution in [0.1, 0.15) is 11.1 Å². The number of benzene rings is 2. The molecule has 138 valence electrons. The van der Waals surface area contributed by atoms with Crippen molar-refractivity contribution in [3.8, 4) is 0 Å². The fraction of sp³-hybridized carbons (Fsp3) is 0.143. The minimum absolute atomic E-state index is 0.355. The monoisotopic (exact) mass is 436 g/mol. The summed E-state index contributed by atoms with van der Waals surface area (Å²) in [5.74, 6) is -2.85. The van der Waals surface area contributed by atoms with Gasteiger partial charge >= 0.3 is 12.4 Å². The molecule has 2 aromatic carbocycles. The van der Waals surface area contributed by atoms with Gasteiger partial charge < -0.3 is 11.5 Å². The second-order valence-corrected chi connectivity index (χ2v) is 5.38. The Morgan fingerprint density at radius 1 is 0.720 bits per heavy atom. The lowest BCUT2D eigenvalue weighted by molar-refractivity contribution is -0.141. The number of hydrogen-bond donors (Lipinski definition) is 2. The Morgan fingerprint density at radius 3 is 1.64 bits per heavy atom. The number of rotatable bonds is 0. The van der Waals surface area contributed by atoms with Crippen molar-refractivity contribution in [3.63, 3.8) is 0 Å². The minimum atomic E-state index is -4.74. The van der Waals surface area contributed by atoms with E-state index < -0.39 is 46.5 Å². The molecule has 2 aromatic rings. The highest BCUT2D eigenvalue weighted by Crippen LogP contribution is 2.38. The van der Waals surface area contributed by atoms with Crippen LogP contribution in [0, 0.1) is 11.6 Å². The highest BCUT2D eigenvalue weighted by atomic mass is 79.9. The van der Waals surface area contributed by atoms with Gasteiger partial charge in [0.25, 0.3) is 0 Å². The van der Waals surface area contributed by atoms with Gasteiger partial charge in [-0.05, 0) is 24.3 Å². The molecule has 0 saturated carbocycles. The van der Waals surface area contributed by atoms with Crippen LogP contribution in [-0.4, -0.2) is 0 Å². The van der Waals surface area contributed by atoms with Crippen LogP contribution >= 0.6 is 15.9 Å². The van der Waals surface area contributed by atoms with Gasteiger partial charge in [0.1, 0.15) is 5.56 Å². The van der Waals surface area contributed by atoms with Gasteiger partial charge in [-0.1, -0.05) is 22.0 Å². The summed E-state index contributed by atoms with van der Waals surface area (Å²) >= 11 is 2.60. The van der Waals surface area contributed by atoms with E-state index in [0.717, 1.165) is 24.3 Å². The molecule has 0 unspecified atom stereocenters. The summed E-state index contributed by atoms with van der Waals surface area (Å²) in [5.41, 5.74) is 6.22. The Balaban J connectivity index is 0.000000251. The highest BCUT2D eigenvalue weighted by molar-refractivity contribution is 9.10. The van der Waals surface area contributed by atoms with E-state index in [9.17, 15) is 35.1 Å². The quantitative estimate of drug-likeness (QED) is 0.416. The summed E-state index contributed by atoms with van der Waals surface area (Å²) in [6, 6.07) is 4.90. The molecule has 25 heavy (non-hydrogen) atoms. The summed E-state index contributed by atoms with van der Waals surface area (Å²) in [5, 5.41) is 0. The topological polar surface area (TPSA) is 52.0 Å². The molecule has 0 aliphatic rings. The fourth-order valence-corrected chi connectivity index (χ4v) is 2.13.